The van der Waals surface area contributed by atoms with Crippen molar-refractivity contribution in [2.45, 2.75) is 110 Å². The molecule has 0 aromatic rings. The van der Waals surface area contributed by atoms with Gasteiger partial charge in [-0.05, 0) is 84.7 Å². The summed E-state index contributed by atoms with van der Waals surface area (Å²) in [5.74, 6) is 1.31. The Morgan fingerprint density at radius 2 is 1.93 bits per heavy atom. The van der Waals surface area contributed by atoms with Crippen molar-refractivity contribution in [3.8, 4) is 0 Å². The summed E-state index contributed by atoms with van der Waals surface area (Å²) in [6.07, 6.45) is 17.4. The predicted molar refractivity (Wildman–Crippen MR) is 124 cm³/mol. The van der Waals surface area contributed by atoms with Gasteiger partial charge in [0.15, 0.2) is 0 Å². The van der Waals surface area contributed by atoms with Gasteiger partial charge >= 0.3 is 0 Å². The maximum Gasteiger partial charge on any atom is 0.0721 e. The number of hydrogen-bond acceptors (Lipinski definition) is 3. The van der Waals surface area contributed by atoms with E-state index in [9.17, 15) is 10.2 Å². The first-order chi connectivity index (χ1) is 13.7. The summed E-state index contributed by atoms with van der Waals surface area (Å²) in [5.41, 5.74) is 1.87. The Balaban J connectivity index is 1.71. The van der Waals surface area contributed by atoms with Crippen LogP contribution in [0, 0.1) is 17.8 Å². The van der Waals surface area contributed by atoms with Gasteiger partial charge in [0.1, 0.15) is 0 Å². The molecule has 2 rings (SSSR count). The van der Waals surface area contributed by atoms with Crippen molar-refractivity contribution in [2.24, 2.45) is 17.8 Å². The third-order valence-corrected chi connectivity index (χ3v) is 7.25. The lowest BCUT2D eigenvalue weighted by atomic mass is 9.88. The van der Waals surface area contributed by atoms with Crippen molar-refractivity contribution in [2.75, 3.05) is 13.6 Å². The van der Waals surface area contributed by atoms with E-state index in [0.29, 0.717) is 11.8 Å². The molecule has 0 radical (unpaired) electrons. The molecule has 0 heterocycles. The number of allylic oxidation sites excluding steroid dienone is 2. The molecule has 0 aromatic heterocycles. The zero-order valence-corrected chi connectivity index (χ0v) is 19.7. The molecule has 3 nitrogen and oxygen atoms in total. The molecular formula is C26H47NO2. The number of unbranched alkanes of at least 4 members (excludes halogenated alkanes) is 4. The first kappa shape index (κ1) is 24.6. The first-order valence-electron chi connectivity index (χ1n) is 12.2. The molecular weight excluding hydrogens is 358 g/mol. The minimum absolute atomic E-state index is 0.218. The van der Waals surface area contributed by atoms with Crippen molar-refractivity contribution < 1.29 is 10.2 Å². The Bertz CT molecular complexity index is 533. The summed E-state index contributed by atoms with van der Waals surface area (Å²) >= 11 is 0. The van der Waals surface area contributed by atoms with E-state index in [0.717, 1.165) is 25.7 Å². The topological polar surface area (TPSA) is 43.7 Å². The molecule has 0 amide bonds. The molecule has 2 N–H and O–H groups in total. The van der Waals surface area contributed by atoms with Crippen LogP contribution < -0.4 is 0 Å². The SMILES string of the molecule is CCCCC[C@H](O)C=C[C@@H]1[C@H]2CC(CCCCCN(C)C(C)(C)C)=C[C@H]2C[C@H]1O. The molecule has 1 saturated carbocycles. The third kappa shape index (κ3) is 7.84. The van der Waals surface area contributed by atoms with Gasteiger partial charge in [0.05, 0.1) is 12.2 Å². The van der Waals surface area contributed by atoms with Gasteiger partial charge in [-0.2, -0.15) is 0 Å². The van der Waals surface area contributed by atoms with Crippen LogP contribution in [0.15, 0.2) is 23.8 Å². The second kappa shape index (κ2) is 11.7. The zero-order chi connectivity index (χ0) is 21.4. The molecule has 2 aliphatic carbocycles. The van der Waals surface area contributed by atoms with Gasteiger partial charge in [0.2, 0.25) is 0 Å². The van der Waals surface area contributed by atoms with Crippen LogP contribution in [0.4, 0.5) is 0 Å². The van der Waals surface area contributed by atoms with Gasteiger partial charge in [0.25, 0.3) is 0 Å². The number of fused-ring (bicyclic) bond motifs is 1. The fourth-order valence-corrected chi connectivity index (χ4v) is 4.96. The van der Waals surface area contributed by atoms with Gasteiger partial charge in [-0.25, -0.2) is 0 Å². The minimum atomic E-state index is -0.354. The highest BCUT2D eigenvalue weighted by atomic mass is 16.3. The van der Waals surface area contributed by atoms with Crippen molar-refractivity contribution >= 4 is 0 Å². The molecule has 1 fully saturated rings. The van der Waals surface area contributed by atoms with Crippen LogP contribution in [-0.2, 0) is 0 Å². The van der Waals surface area contributed by atoms with Crippen LogP contribution in [-0.4, -0.2) is 46.5 Å². The zero-order valence-electron chi connectivity index (χ0n) is 19.7. The molecule has 29 heavy (non-hydrogen) atoms. The van der Waals surface area contributed by atoms with Crippen LogP contribution in [0.25, 0.3) is 0 Å². The maximum atomic E-state index is 10.5. The van der Waals surface area contributed by atoms with E-state index in [1.54, 1.807) is 5.57 Å². The van der Waals surface area contributed by atoms with Crippen molar-refractivity contribution in [3.63, 3.8) is 0 Å². The lowest BCUT2D eigenvalue weighted by Gasteiger charge is -2.31. The lowest BCUT2D eigenvalue weighted by molar-refractivity contribution is 0.139. The van der Waals surface area contributed by atoms with E-state index in [1.807, 2.05) is 6.08 Å². The van der Waals surface area contributed by atoms with E-state index in [-0.39, 0.29) is 23.7 Å². The van der Waals surface area contributed by atoms with Crippen LogP contribution in [0.3, 0.4) is 0 Å². The number of hydrogen-bond donors (Lipinski definition) is 2. The number of rotatable bonds is 12. The highest BCUT2D eigenvalue weighted by Gasteiger charge is 2.43. The van der Waals surface area contributed by atoms with E-state index in [4.69, 9.17) is 0 Å². The molecule has 0 bridgehead atoms. The molecule has 0 spiro atoms. The molecule has 0 aliphatic heterocycles. The molecule has 0 unspecified atom stereocenters. The summed E-state index contributed by atoms with van der Waals surface area (Å²) in [7, 11) is 2.22. The van der Waals surface area contributed by atoms with Crippen LogP contribution in [0.5, 0.6) is 0 Å². The second-order valence-corrected chi connectivity index (χ2v) is 10.6. The molecule has 168 valence electrons. The summed E-state index contributed by atoms with van der Waals surface area (Å²) in [4.78, 5) is 2.45. The summed E-state index contributed by atoms with van der Waals surface area (Å²) in [6.45, 7) is 10.2. The normalized spacial score (nSPS) is 28.3. The summed E-state index contributed by atoms with van der Waals surface area (Å²) in [5, 5.41) is 20.7. The Kier molecular flexibility index (Phi) is 9.91. The van der Waals surface area contributed by atoms with Crippen LogP contribution >= 0.6 is 0 Å². The quantitative estimate of drug-likeness (QED) is 0.322. The second-order valence-electron chi connectivity index (χ2n) is 10.6. The maximum absolute atomic E-state index is 10.5. The van der Waals surface area contributed by atoms with E-state index < -0.39 is 0 Å². The number of nitrogens with zero attached hydrogens (tertiary/aromatic N) is 1. The van der Waals surface area contributed by atoms with Crippen LogP contribution in [0.1, 0.15) is 91.9 Å². The highest BCUT2D eigenvalue weighted by molar-refractivity contribution is 5.21. The van der Waals surface area contributed by atoms with E-state index in [2.05, 4.69) is 51.8 Å². The summed E-state index contributed by atoms with van der Waals surface area (Å²) in [6, 6.07) is 0. The Labute approximate surface area is 180 Å². The number of aliphatic hydroxyl groups is 2. The van der Waals surface area contributed by atoms with Gasteiger partial charge in [-0.3, -0.25) is 0 Å². The minimum Gasteiger partial charge on any atom is -0.392 e. The fraction of sp³-hybridized carbons (Fsp3) is 0.846. The van der Waals surface area contributed by atoms with Crippen LogP contribution in [0.2, 0.25) is 0 Å². The van der Waals surface area contributed by atoms with E-state index >= 15 is 0 Å². The van der Waals surface area contributed by atoms with Gasteiger partial charge in [0, 0.05) is 11.5 Å². The van der Waals surface area contributed by atoms with Gasteiger partial charge in [-0.15, -0.1) is 0 Å². The van der Waals surface area contributed by atoms with Crippen molar-refractivity contribution in [1.29, 1.82) is 0 Å². The Morgan fingerprint density at radius 3 is 2.62 bits per heavy atom. The predicted octanol–water partition coefficient (Wildman–Crippen LogP) is 5.72. The fourth-order valence-electron chi connectivity index (χ4n) is 4.96. The smallest absolute Gasteiger partial charge is 0.0721 e. The summed E-state index contributed by atoms with van der Waals surface area (Å²) < 4.78 is 0. The average molecular weight is 406 g/mol. The van der Waals surface area contributed by atoms with Crippen molar-refractivity contribution in [3.05, 3.63) is 23.8 Å². The molecule has 0 aromatic carbocycles. The molecule has 3 heteroatoms. The van der Waals surface area contributed by atoms with Gasteiger partial charge < -0.3 is 15.1 Å². The average Bonchev–Trinajstić information content (AvgIpc) is 3.15. The van der Waals surface area contributed by atoms with Gasteiger partial charge in [-0.1, -0.05) is 56.4 Å². The standard InChI is InChI=1S/C26H47NO2/c1-6-7-9-13-22(28)14-15-23-24-18-20(17-21(24)19-25(23)29)12-10-8-11-16-27(5)26(2,3)4/h14-15,17,21-25,28-29H,6-13,16,18-19H2,1-5H3/t21-,22-,23+,24-,25+/m0/s1. The molecule has 5 atom stereocenters. The molecule has 0 saturated heterocycles. The Hall–Kier alpha value is -0.640. The van der Waals surface area contributed by atoms with E-state index in [1.165, 1.54) is 45.1 Å². The van der Waals surface area contributed by atoms with Crippen molar-refractivity contribution in [1.82, 2.24) is 4.90 Å². The first-order valence-corrected chi connectivity index (χ1v) is 12.2. The largest absolute Gasteiger partial charge is 0.392 e. The Morgan fingerprint density at radius 1 is 1.17 bits per heavy atom. The monoisotopic (exact) mass is 405 g/mol. The number of aliphatic hydroxyl groups excluding tert-OH is 2. The molecule has 2 aliphatic rings. The highest BCUT2D eigenvalue weighted by Crippen LogP contribution is 2.48. The third-order valence-electron chi connectivity index (χ3n) is 7.25. The lowest BCUT2D eigenvalue weighted by Crippen LogP contribution is -2.38.